The molecule has 0 atom stereocenters. The van der Waals surface area contributed by atoms with Crippen LogP contribution in [-0.4, -0.2) is 61.9 Å². The summed E-state index contributed by atoms with van der Waals surface area (Å²) in [5.74, 6) is 3.36. The van der Waals surface area contributed by atoms with Crippen LogP contribution in [0.1, 0.15) is 25.0 Å². The molecule has 2 aromatic carbocycles. The Morgan fingerprint density at radius 1 is 1.00 bits per heavy atom. The Bertz CT molecular complexity index is 1090. The Morgan fingerprint density at radius 2 is 1.74 bits per heavy atom. The second kappa shape index (κ2) is 11.3. The van der Waals surface area contributed by atoms with Crippen molar-refractivity contribution in [1.29, 1.82) is 0 Å². The van der Waals surface area contributed by atoms with Gasteiger partial charge < -0.3 is 30.1 Å². The van der Waals surface area contributed by atoms with Crippen molar-refractivity contribution in [3.05, 3.63) is 65.7 Å². The number of aromatic nitrogens is 2. The molecule has 0 aliphatic carbocycles. The van der Waals surface area contributed by atoms with Gasteiger partial charge in [0.05, 0.1) is 13.8 Å². The maximum atomic E-state index is 5.29. The number of nitrogens with one attached hydrogen (secondary N) is 2. The summed E-state index contributed by atoms with van der Waals surface area (Å²) in [7, 11) is 5.87. The summed E-state index contributed by atoms with van der Waals surface area (Å²) in [6.07, 6.45) is 0. The van der Waals surface area contributed by atoms with Crippen molar-refractivity contribution in [2.24, 2.45) is 0 Å². The van der Waals surface area contributed by atoms with Crippen molar-refractivity contribution in [1.82, 2.24) is 14.9 Å². The van der Waals surface area contributed by atoms with E-state index in [0.29, 0.717) is 12.6 Å². The molecule has 1 aliphatic heterocycles. The van der Waals surface area contributed by atoms with Gasteiger partial charge in [-0.1, -0.05) is 42.5 Å². The molecular formula is C27H37N7O. The lowest BCUT2D eigenvalue weighted by atomic mass is 10.2. The first-order chi connectivity index (χ1) is 16.9. The average molecular weight is 476 g/mol. The third-order valence-corrected chi connectivity index (χ3v) is 6.13. The summed E-state index contributed by atoms with van der Waals surface area (Å²) < 4.78 is 5.29. The summed E-state index contributed by atoms with van der Waals surface area (Å²) >= 11 is 0. The van der Waals surface area contributed by atoms with Crippen molar-refractivity contribution in [3.8, 4) is 5.75 Å². The fraction of sp³-hybridized carbons (Fsp3) is 0.407. The highest BCUT2D eigenvalue weighted by Crippen LogP contribution is 2.38. The van der Waals surface area contributed by atoms with Crippen molar-refractivity contribution in [3.63, 3.8) is 0 Å². The molecule has 35 heavy (non-hydrogen) atoms. The van der Waals surface area contributed by atoms with Crippen LogP contribution in [0.3, 0.4) is 0 Å². The largest absolute Gasteiger partial charge is 0.497 e. The molecule has 186 valence electrons. The molecule has 1 aliphatic rings. The van der Waals surface area contributed by atoms with Gasteiger partial charge in [-0.2, -0.15) is 9.97 Å². The van der Waals surface area contributed by atoms with Gasteiger partial charge >= 0.3 is 0 Å². The zero-order valence-electron chi connectivity index (χ0n) is 21.5. The molecule has 0 unspecified atom stereocenters. The zero-order valence-corrected chi connectivity index (χ0v) is 21.5. The van der Waals surface area contributed by atoms with Gasteiger partial charge in [0.2, 0.25) is 5.95 Å². The predicted molar refractivity (Wildman–Crippen MR) is 145 cm³/mol. The van der Waals surface area contributed by atoms with E-state index < -0.39 is 0 Å². The van der Waals surface area contributed by atoms with E-state index in [4.69, 9.17) is 14.7 Å². The summed E-state index contributed by atoms with van der Waals surface area (Å²) in [5.41, 5.74) is 3.36. The van der Waals surface area contributed by atoms with Crippen LogP contribution < -0.4 is 25.2 Å². The Balaban J connectivity index is 1.66. The SMILES string of the molecule is COc1ccc(CNc2nc(N(CCN(C)C)Cc3ccccc3)nc3c2NCN3C(C)C)cc1. The molecule has 8 heteroatoms. The van der Waals surface area contributed by atoms with E-state index in [1.807, 2.05) is 18.2 Å². The van der Waals surface area contributed by atoms with Crippen molar-refractivity contribution < 1.29 is 4.74 Å². The Kier molecular flexibility index (Phi) is 7.92. The van der Waals surface area contributed by atoms with Gasteiger partial charge in [-0.3, -0.25) is 0 Å². The van der Waals surface area contributed by atoms with E-state index in [0.717, 1.165) is 60.9 Å². The average Bonchev–Trinajstić information content (AvgIpc) is 3.30. The number of hydrogen-bond acceptors (Lipinski definition) is 8. The van der Waals surface area contributed by atoms with E-state index in [2.05, 4.69) is 89.7 Å². The van der Waals surface area contributed by atoms with Crippen LogP contribution >= 0.6 is 0 Å². The Hall–Kier alpha value is -3.52. The molecule has 0 radical (unpaired) electrons. The smallest absolute Gasteiger partial charge is 0.229 e. The molecular weight excluding hydrogens is 438 g/mol. The first-order valence-corrected chi connectivity index (χ1v) is 12.2. The van der Waals surface area contributed by atoms with E-state index in [1.54, 1.807) is 7.11 Å². The highest BCUT2D eigenvalue weighted by Gasteiger charge is 2.28. The topological polar surface area (TPSA) is 68.8 Å². The molecule has 2 N–H and O–H groups in total. The van der Waals surface area contributed by atoms with Crippen molar-refractivity contribution in [2.75, 3.05) is 61.4 Å². The third-order valence-electron chi connectivity index (χ3n) is 6.13. The second-order valence-corrected chi connectivity index (χ2v) is 9.38. The van der Waals surface area contributed by atoms with Crippen LogP contribution in [-0.2, 0) is 13.1 Å². The van der Waals surface area contributed by atoms with E-state index >= 15 is 0 Å². The van der Waals surface area contributed by atoms with E-state index in [9.17, 15) is 0 Å². The molecule has 0 saturated heterocycles. The Labute approximate surface area is 208 Å². The fourth-order valence-corrected chi connectivity index (χ4v) is 4.05. The quantitative estimate of drug-likeness (QED) is 0.426. The monoisotopic (exact) mass is 475 g/mol. The lowest BCUT2D eigenvalue weighted by molar-refractivity contribution is 0.411. The molecule has 0 saturated carbocycles. The molecule has 0 bridgehead atoms. The van der Waals surface area contributed by atoms with Crippen LogP contribution in [0.2, 0.25) is 0 Å². The minimum atomic E-state index is 0.324. The molecule has 4 rings (SSSR count). The van der Waals surface area contributed by atoms with Crippen LogP contribution in [0.25, 0.3) is 0 Å². The normalized spacial score (nSPS) is 12.6. The standard InChI is InChI=1S/C27H37N7O/c1-20(2)34-19-29-24-25(28-17-21-11-13-23(35-5)14-12-21)30-27(31-26(24)34)33(16-15-32(3)4)18-22-9-7-6-8-10-22/h6-14,20,29H,15-19H2,1-5H3,(H,28,30,31). The predicted octanol–water partition coefficient (Wildman–Crippen LogP) is 4.26. The lowest BCUT2D eigenvalue weighted by Gasteiger charge is -2.27. The first kappa shape index (κ1) is 24.6. The lowest BCUT2D eigenvalue weighted by Crippen LogP contribution is -2.34. The zero-order chi connectivity index (χ0) is 24.8. The van der Waals surface area contributed by atoms with Gasteiger partial charge in [-0.25, -0.2) is 0 Å². The Morgan fingerprint density at radius 3 is 2.40 bits per heavy atom. The molecule has 3 aromatic rings. The summed E-state index contributed by atoms with van der Waals surface area (Å²) in [4.78, 5) is 16.8. The molecule has 0 fully saturated rings. The molecule has 2 heterocycles. The van der Waals surface area contributed by atoms with Crippen molar-refractivity contribution >= 4 is 23.3 Å². The maximum absolute atomic E-state index is 5.29. The van der Waals surface area contributed by atoms with Gasteiger partial charge in [-0.15, -0.1) is 0 Å². The molecule has 1 aromatic heterocycles. The van der Waals surface area contributed by atoms with Crippen molar-refractivity contribution in [2.45, 2.75) is 33.0 Å². The van der Waals surface area contributed by atoms with E-state index in [-0.39, 0.29) is 0 Å². The van der Waals surface area contributed by atoms with Crippen LogP contribution in [0.5, 0.6) is 5.75 Å². The summed E-state index contributed by atoms with van der Waals surface area (Å²) in [6, 6.07) is 18.9. The highest BCUT2D eigenvalue weighted by atomic mass is 16.5. The fourth-order valence-electron chi connectivity index (χ4n) is 4.05. The molecule has 0 spiro atoms. The summed E-state index contributed by atoms with van der Waals surface area (Å²) in [6.45, 7) is 8.25. The van der Waals surface area contributed by atoms with Gasteiger partial charge in [0.15, 0.2) is 11.6 Å². The van der Waals surface area contributed by atoms with Gasteiger partial charge in [0.25, 0.3) is 0 Å². The number of nitrogens with zero attached hydrogens (tertiary/aromatic N) is 5. The van der Waals surface area contributed by atoms with Crippen LogP contribution in [0.4, 0.5) is 23.3 Å². The number of benzene rings is 2. The van der Waals surface area contributed by atoms with E-state index in [1.165, 1.54) is 5.56 Å². The van der Waals surface area contributed by atoms with Crippen LogP contribution in [0.15, 0.2) is 54.6 Å². The summed E-state index contributed by atoms with van der Waals surface area (Å²) in [5, 5.41) is 7.08. The second-order valence-electron chi connectivity index (χ2n) is 9.38. The first-order valence-electron chi connectivity index (χ1n) is 12.2. The number of ether oxygens (including phenoxy) is 1. The highest BCUT2D eigenvalue weighted by molar-refractivity contribution is 5.83. The number of methoxy groups -OCH3 is 1. The third kappa shape index (κ3) is 6.14. The number of hydrogen-bond donors (Lipinski definition) is 2. The molecule has 8 nitrogen and oxygen atoms in total. The van der Waals surface area contributed by atoms with Crippen LogP contribution in [0, 0.1) is 0 Å². The number of anilines is 4. The maximum Gasteiger partial charge on any atom is 0.229 e. The molecule has 0 amide bonds. The number of likely N-dealkylation sites (N-methyl/N-ethyl adjacent to an activating group) is 1. The van der Waals surface area contributed by atoms with Gasteiger partial charge in [0.1, 0.15) is 11.4 Å². The van der Waals surface area contributed by atoms with Gasteiger partial charge in [-0.05, 0) is 51.2 Å². The number of fused-ring (bicyclic) bond motifs is 1. The number of rotatable bonds is 11. The minimum Gasteiger partial charge on any atom is -0.497 e. The van der Waals surface area contributed by atoms with Gasteiger partial charge in [0, 0.05) is 32.2 Å². The minimum absolute atomic E-state index is 0.324.